The van der Waals surface area contributed by atoms with Crippen molar-refractivity contribution in [2.24, 2.45) is 5.73 Å². The van der Waals surface area contributed by atoms with Gasteiger partial charge in [0.1, 0.15) is 11.6 Å². The minimum absolute atomic E-state index is 0.0991. The van der Waals surface area contributed by atoms with Gasteiger partial charge < -0.3 is 19.9 Å². The molecule has 2 N–H and O–H groups in total. The van der Waals surface area contributed by atoms with Gasteiger partial charge in [0.2, 0.25) is 17.6 Å². The van der Waals surface area contributed by atoms with Crippen LogP contribution in [0.1, 0.15) is 28.3 Å². The molecular weight excluding hydrogens is 446 g/mol. The Morgan fingerprint density at radius 1 is 1.09 bits per heavy atom. The van der Waals surface area contributed by atoms with E-state index in [1.807, 2.05) is 12.1 Å². The minimum Gasteiger partial charge on any atom is -0.493 e. The van der Waals surface area contributed by atoms with Crippen molar-refractivity contribution in [3.63, 3.8) is 0 Å². The maximum atomic E-state index is 12.7. The zero-order valence-electron chi connectivity index (χ0n) is 18.1. The van der Waals surface area contributed by atoms with Crippen LogP contribution in [0.4, 0.5) is 5.82 Å². The van der Waals surface area contributed by atoms with Crippen LogP contribution in [-0.4, -0.2) is 37.6 Å². The first kappa shape index (κ1) is 22.4. The lowest BCUT2D eigenvalue weighted by atomic mass is 9.98. The molecule has 9 heteroatoms. The van der Waals surface area contributed by atoms with Crippen molar-refractivity contribution >= 4 is 29.2 Å². The zero-order valence-corrected chi connectivity index (χ0v) is 18.8. The quantitative estimate of drug-likeness (QED) is 0.559. The lowest BCUT2D eigenvalue weighted by molar-refractivity contribution is -0.117. The normalized spacial score (nSPS) is 15.4. The van der Waals surface area contributed by atoms with Gasteiger partial charge in [-0.2, -0.15) is 0 Å². The summed E-state index contributed by atoms with van der Waals surface area (Å²) in [6, 6.07) is 13.8. The highest BCUT2D eigenvalue weighted by molar-refractivity contribution is 6.32. The van der Waals surface area contributed by atoms with Crippen LogP contribution in [0.2, 0.25) is 5.02 Å². The Balaban J connectivity index is 1.61. The van der Waals surface area contributed by atoms with Crippen molar-refractivity contribution in [3.05, 3.63) is 70.9 Å². The molecule has 1 saturated heterocycles. The first-order valence-corrected chi connectivity index (χ1v) is 10.5. The van der Waals surface area contributed by atoms with E-state index in [9.17, 15) is 9.59 Å². The third kappa shape index (κ3) is 4.56. The van der Waals surface area contributed by atoms with Gasteiger partial charge in [0.25, 0.3) is 0 Å². The maximum Gasteiger partial charge on any atom is 0.248 e. The summed E-state index contributed by atoms with van der Waals surface area (Å²) in [4.78, 5) is 30.0. The van der Waals surface area contributed by atoms with E-state index < -0.39 is 5.91 Å². The summed E-state index contributed by atoms with van der Waals surface area (Å²) in [6.45, 7) is 0.396. The lowest BCUT2D eigenvalue weighted by Gasteiger charge is -2.18. The number of nitrogens with zero attached hydrogens (tertiary/aromatic N) is 2. The maximum absolute atomic E-state index is 12.7. The van der Waals surface area contributed by atoms with E-state index in [2.05, 4.69) is 4.98 Å². The van der Waals surface area contributed by atoms with Crippen molar-refractivity contribution in [2.45, 2.75) is 12.3 Å². The second-order valence-electron chi connectivity index (χ2n) is 7.46. The first-order chi connectivity index (χ1) is 15.9. The fourth-order valence-corrected chi connectivity index (χ4v) is 3.91. The fourth-order valence-electron chi connectivity index (χ4n) is 3.75. The average molecular weight is 468 g/mol. The topological polar surface area (TPSA) is 104 Å². The van der Waals surface area contributed by atoms with Crippen molar-refractivity contribution in [1.82, 2.24) is 4.98 Å². The summed E-state index contributed by atoms with van der Waals surface area (Å²) in [7, 11) is 3.08. The number of primary amides is 1. The zero-order chi connectivity index (χ0) is 23.5. The number of carbonyl (C=O) groups is 2. The van der Waals surface area contributed by atoms with Crippen LogP contribution in [0.3, 0.4) is 0 Å². The predicted octanol–water partition coefficient (Wildman–Crippen LogP) is 4.16. The lowest BCUT2D eigenvalue weighted by Crippen LogP contribution is -2.26. The van der Waals surface area contributed by atoms with E-state index in [4.69, 9.17) is 31.5 Å². The van der Waals surface area contributed by atoms with E-state index in [-0.39, 0.29) is 18.2 Å². The third-order valence-electron chi connectivity index (χ3n) is 5.45. The summed E-state index contributed by atoms with van der Waals surface area (Å²) in [5, 5.41) is 0.406. The summed E-state index contributed by atoms with van der Waals surface area (Å²) < 4.78 is 16.9. The van der Waals surface area contributed by atoms with Crippen molar-refractivity contribution in [2.75, 3.05) is 25.7 Å². The Morgan fingerprint density at radius 2 is 1.82 bits per heavy atom. The number of pyridine rings is 1. The van der Waals surface area contributed by atoms with Crippen LogP contribution in [0.25, 0.3) is 0 Å². The van der Waals surface area contributed by atoms with Gasteiger partial charge in [0, 0.05) is 30.6 Å². The van der Waals surface area contributed by atoms with Gasteiger partial charge in [-0.25, -0.2) is 4.98 Å². The number of carbonyl (C=O) groups excluding carboxylic acids is 2. The monoisotopic (exact) mass is 467 g/mol. The van der Waals surface area contributed by atoms with Crippen LogP contribution in [0.5, 0.6) is 23.0 Å². The number of aromatic nitrogens is 1. The van der Waals surface area contributed by atoms with E-state index in [1.165, 1.54) is 18.3 Å². The molecule has 2 heterocycles. The van der Waals surface area contributed by atoms with Gasteiger partial charge in [-0.3, -0.25) is 14.5 Å². The highest BCUT2D eigenvalue weighted by Crippen LogP contribution is 2.43. The molecule has 0 spiro atoms. The van der Waals surface area contributed by atoms with Gasteiger partial charge in [-0.15, -0.1) is 0 Å². The number of nitrogens with two attached hydrogens (primary N) is 1. The number of benzene rings is 2. The Bertz CT molecular complexity index is 1190. The SMILES string of the molecule is COc1cccc(OC)c1Oc1cc([C@H]2CC(=O)N(c3cc(C(N)=O)ccn3)C2)ccc1Cl. The Morgan fingerprint density at radius 3 is 2.48 bits per heavy atom. The van der Waals surface area contributed by atoms with Gasteiger partial charge in [-0.05, 0) is 42.0 Å². The van der Waals surface area contributed by atoms with Gasteiger partial charge >= 0.3 is 0 Å². The van der Waals surface area contributed by atoms with E-state index in [0.29, 0.717) is 45.9 Å². The molecule has 1 aliphatic rings. The third-order valence-corrected chi connectivity index (χ3v) is 5.77. The van der Waals surface area contributed by atoms with E-state index >= 15 is 0 Å². The number of hydrogen-bond acceptors (Lipinski definition) is 6. The van der Waals surface area contributed by atoms with Crippen molar-refractivity contribution in [3.8, 4) is 23.0 Å². The smallest absolute Gasteiger partial charge is 0.248 e. The number of amides is 2. The van der Waals surface area contributed by atoms with Gasteiger partial charge in [-0.1, -0.05) is 23.7 Å². The number of hydrogen-bond donors (Lipinski definition) is 1. The summed E-state index contributed by atoms with van der Waals surface area (Å²) in [5.74, 6) is 1.41. The molecule has 33 heavy (non-hydrogen) atoms. The summed E-state index contributed by atoms with van der Waals surface area (Å²) >= 11 is 6.41. The fraction of sp³-hybridized carbons (Fsp3) is 0.208. The molecular formula is C24H22ClN3O5. The molecule has 1 fully saturated rings. The molecule has 2 amide bonds. The standard InChI is InChI=1S/C24H22ClN3O5/c1-31-18-4-3-5-19(32-2)23(18)33-20-10-14(6-7-17(20)25)16-12-22(29)28(13-16)21-11-15(24(26)30)8-9-27-21/h3-11,16H,12-13H2,1-2H3,(H2,26,30)/t16-/m0/s1. The highest BCUT2D eigenvalue weighted by Gasteiger charge is 2.33. The van der Waals surface area contributed by atoms with Crippen LogP contribution < -0.4 is 24.8 Å². The Labute approximate surface area is 195 Å². The number of anilines is 1. The van der Waals surface area contributed by atoms with Crippen LogP contribution >= 0.6 is 11.6 Å². The number of ether oxygens (including phenoxy) is 3. The van der Waals surface area contributed by atoms with Gasteiger partial charge in [0.15, 0.2) is 11.5 Å². The second kappa shape index (κ2) is 9.38. The van der Waals surface area contributed by atoms with Crippen LogP contribution in [0, 0.1) is 0 Å². The van der Waals surface area contributed by atoms with Crippen LogP contribution in [-0.2, 0) is 4.79 Å². The average Bonchev–Trinajstić information content (AvgIpc) is 3.22. The number of methoxy groups -OCH3 is 2. The van der Waals surface area contributed by atoms with Gasteiger partial charge in [0.05, 0.1) is 19.2 Å². The molecule has 4 rings (SSSR count). The molecule has 1 aliphatic heterocycles. The molecule has 0 radical (unpaired) electrons. The summed E-state index contributed by atoms with van der Waals surface area (Å²) in [5.41, 5.74) is 6.53. The second-order valence-corrected chi connectivity index (χ2v) is 7.86. The largest absolute Gasteiger partial charge is 0.493 e. The number of rotatable bonds is 7. The molecule has 0 bridgehead atoms. The van der Waals surface area contributed by atoms with E-state index in [1.54, 1.807) is 43.4 Å². The molecule has 2 aromatic carbocycles. The highest BCUT2D eigenvalue weighted by atomic mass is 35.5. The van der Waals surface area contributed by atoms with E-state index in [0.717, 1.165) is 5.56 Å². The molecule has 0 saturated carbocycles. The number of para-hydroxylation sites is 1. The molecule has 8 nitrogen and oxygen atoms in total. The van der Waals surface area contributed by atoms with Crippen LogP contribution in [0.15, 0.2) is 54.7 Å². The Kier molecular flexibility index (Phi) is 6.37. The molecule has 3 aromatic rings. The predicted molar refractivity (Wildman–Crippen MR) is 124 cm³/mol. The summed E-state index contributed by atoms with van der Waals surface area (Å²) in [6.07, 6.45) is 1.74. The molecule has 1 aromatic heterocycles. The minimum atomic E-state index is -0.576. The molecule has 1 atom stereocenters. The molecule has 0 aliphatic carbocycles. The first-order valence-electron chi connectivity index (χ1n) is 10.2. The van der Waals surface area contributed by atoms with Crippen molar-refractivity contribution < 1.29 is 23.8 Å². The Hall–Kier alpha value is -3.78. The molecule has 170 valence electrons. The molecule has 0 unspecified atom stereocenters. The number of halogens is 1. The van der Waals surface area contributed by atoms with Crippen molar-refractivity contribution in [1.29, 1.82) is 0 Å².